The Labute approximate surface area is 119 Å². The zero-order valence-corrected chi connectivity index (χ0v) is 11.7. The van der Waals surface area contributed by atoms with E-state index in [-0.39, 0.29) is 6.04 Å². The van der Waals surface area contributed by atoms with Crippen molar-refractivity contribution >= 4 is 10.8 Å². The van der Waals surface area contributed by atoms with Gasteiger partial charge in [-0.3, -0.25) is 0 Å². The van der Waals surface area contributed by atoms with Crippen LogP contribution < -0.4 is 5.73 Å². The van der Waals surface area contributed by atoms with E-state index in [4.69, 9.17) is 5.73 Å². The van der Waals surface area contributed by atoms with E-state index in [0.717, 1.165) is 18.8 Å². The highest BCUT2D eigenvalue weighted by Gasteiger charge is 2.11. The Bertz CT molecular complexity index is 710. The number of aryl methyl sites for hydroxylation is 1. The van der Waals surface area contributed by atoms with Gasteiger partial charge in [-0.05, 0) is 16.3 Å². The number of fused-ring (bicyclic) bond motifs is 1. The van der Waals surface area contributed by atoms with Crippen molar-refractivity contribution in [1.82, 2.24) is 9.55 Å². The van der Waals surface area contributed by atoms with Crippen molar-refractivity contribution in [2.24, 2.45) is 5.73 Å². The summed E-state index contributed by atoms with van der Waals surface area (Å²) in [4.78, 5) is 4.35. The molecule has 0 radical (unpaired) electrons. The molecule has 0 saturated heterocycles. The molecular formula is C17H19N3. The van der Waals surface area contributed by atoms with Crippen molar-refractivity contribution in [1.29, 1.82) is 0 Å². The molecular weight excluding hydrogens is 246 g/mol. The highest BCUT2D eigenvalue weighted by Crippen LogP contribution is 2.24. The second-order valence-corrected chi connectivity index (χ2v) is 5.02. The molecule has 0 amide bonds. The largest absolute Gasteiger partial charge is 0.333 e. The first-order valence-electron chi connectivity index (χ1n) is 7.03. The van der Waals surface area contributed by atoms with Crippen molar-refractivity contribution in [3.8, 4) is 0 Å². The number of nitrogens with two attached hydrogens (primary N) is 1. The van der Waals surface area contributed by atoms with Gasteiger partial charge >= 0.3 is 0 Å². The van der Waals surface area contributed by atoms with E-state index in [2.05, 4.69) is 58.9 Å². The first-order chi connectivity index (χ1) is 9.79. The Morgan fingerprint density at radius 2 is 1.95 bits per heavy atom. The molecule has 20 heavy (non-hydrogen) atoms. The third kappa shape index (κ3) is 2.32. The molecule has 0 spiro atoms. The second-order valence-electron chi connectivity index (χ2n) is 5.02. The van der Waals surface area contributed by atoms with E-state index in [1.54, 1.807) is 0 Å². The van der Waals surface area contributed by atoms with Crippen molar-refractivity contribution in [2.75, 3.05) is 0 Å². The van der Waals surface area contributed by atoms with Crippen LogP contribution in [-0.4, -0.2) is 9.55 Å². The number of imidazole rings is 1. The molecule has 102 valence electrons. The van der Waals surface area contributed by atoms with Gasteiger partial charge in [0.05, 0.1) is 0 Å². The highest BCUT2D eigenvalue weighted by molar-refractivity contribution is 5.86. The monoisotopic (exact) mass is 265 g/mol. The SMILES string of the molecule is CCc1nccn1CC(N)c1cccc2ccccc12. The summed E-state index contributed by atoms with van der Waals surface area (Å²) in [5.74, 6) is 1.08. The summed E-state index contributed by atoms with van der Waals surface area (Å²) < 4.78 is 2.15. The number of aromatic nitrogens is 2. The quantitative estimate of drug-likeness (QED) is 0.786. The maximum Gasteiger partial charge on any atom is 0.108 e. The molecule has 0 bridgehead atoms. The molecule has 0 aliphatic carbocycles. The fourth-order valence-corrected chi connectivity index (χ4v) is 2.70. The van der Waals surface area contributed by atoms with Crippen LogP contribution in [0.2, 0.25) is 0 Å². The number of benzene rings is 2. The van der Waals surface area contributed by atoms with Gasteiger partial charge in [0.2, 0.25) is 0 Å². The van der Waals surface area contributed by atoms with Crippen LogP contribution in [0.3, 0.4) is 0 Å². The van der Waals surface area contributed by atoms with Gasteiger partial charge in [-0.15, -0.1) is 0 Å². The van der Waals surface area contributed by atoms with Crippen LogP contribution in [-0.2, 0) is 13.0 Å². The summed E-state index contributed by atoms with van der Waals surface area (Å²) in [6.07, 6.45) is 4.77. The number of hydrogen-bond donors (Lipinski definition) is 1. The first-order valence-corrected chi connectivity index (χ1v) is 7.03. The average Bonchev–Trinajstić information content (AvgIpc) is 2.93. The maximum absolute atomic E-state index is 6.43. The summed E-state index contributed by atoms with van der Waals surface area (Å²) in [6, 6.07) is 14.7. The molecule has 3 aromatic rings. The van der Waals surface area contributed by atoms with E-state index in [9.17, 15) is 0 Å². The fraction of sp³-hybridized carbons (Fsp3) is 0.235. The number of hydrogen-bond acceptors (Lipinski definition) is 2. The molecule has 1 atom stereocenters. The lowest BCUT2D eigenvalue weighted by Crippen LogP contribution is -2.18. The van der Waals surface area contributed by atoms with Gasteiger partial charge in [0.1, 0.15) is 5.82 Å². The molecule has 2 N–H and O–H groups in total. The first kappa shape index (κ1) is 12.9. The molecule has 3 heteroatoms. The van der Waals surface area contributed by atoms with Gasteiger partial charge in [0.15, 0.2) is 0 Å². The number of rotatable bonds is 4. The zero-order valence-electron chi connectivity index (χ0n) is 11.7. The Morgan fingerprint density at radius 1 is 1.15 bits per heavy atom. The van der Waals surface area contributed by atoms with E-state index >= 15 is 0 Å². The molecule has 0 fully saturated rings. The molecule has 3 nitrogen and oxygen atoms in total. The Morgan fingerprint density at radius 3 is 2.80 bits per heavy atom. The topological polar surface area (TPSA) is 43.8 Å². The highest BCUT2D eigenvalue weighted by atomic mass is 15.1. The lowest BCUT2D eigenvalue weighted by atomic mass is 9.99. The summed E-state index contributed by atoms with van der Waals surface area (Å²) in [6.45, 7) is 2.87. The summed E-state index contributed by atoms with van der Waals surface area (Å²) in [7, 11) is 0. The molecule has 1 unspecified atom stereocenters. The minimum Gasteiger partial charge on any atom is -0.333 e. The molecule has 0 aliphatic heterocycles. The van der Waals surface area contributed by atoms with Crippen LogP contribution >= 0.6 is 0 Å². The van der Waals surface area contributed by atoms with E-state index in [0.29, 0.717) is 0 Å². The van der Waals surface area contributed by atoms with Gasteiger partial charge in [-0.25, -0.2) is 4.98 Å². The van der Waals surface area contributed by atoms with Gasteiger partial charge in [0.25, 0.3) is 0 Å². The Balaban J connectivity index is 1.95. The fourth-order valence-electron chi connectivity index (χ4n) is 2.70. The summed E-state index contributed by atoms with van der Waals surface area (Å²) in [5.41, 5.74) is 7.62. The standard InChI is InChI=1S/C17H19N3/c1-2-17-19-10-11-20(17)12-16(18)15-9-5-7-13-6-3-4-8-14(13)15/h3-11,16H,2,12,18H2,1H3. The predicted molar refractivity (Wildman–Crippen MR) is 82.5 cm³/mol. The molecule has 0 aliphatic rings. The van der Waals surface area contributed by atoms with Crippen molar-refractivity contribution in [3.05, 3.63) is 66.2 Å². The van der Waals surface area contributed by atoms with Gasteiger partial charge in [-0.1, -0.05) is 49.4 Å². The number of nitrogens with zero attached hydrogens (tertiary/aromatic N) is 2. The van der Waals surface area contributed by atoms with Crippen LogP contribution in [0.5, 0.6) is 0 Å². The molecule has 1 heterocycles. The normalized spacial score (nSPS) is 12.7. The second kappa shape index (κ2) is 5.47. The van der Waals surface area contributed by atoms with E-state index in [1.807, 2.05) is 12.4 Å². The lowest BCUT2D eigenvalue weighted by molar-refractivity contribution is 0.560. The van der Waals surface area contributed by atoms with Gasteiger partial charge < -0.3 is 10.3 Å². The van der Waals surface area contributed by atoms with Crippen molar-refractivity contribution in [3.63, 3.8) is 0 Å². The molecule has 1 aromatic heterocycles. The lowest BCUT2D eigenvalue weighted by Gasteiger charge is -2.16. The smallest absolute Gasteiger partial charge is 0.108 e. The minimum atomic E-state index is -0.0272. The van der Waals surface area contributed by atoms with Gasteiger partial charge in [-0.2, -0.15) is 0 Å². The molecule has 2 aromatic carbocycles. The Hall–Kier alpha value is -2.13. The maximum atomic E-state index is 6.43. The minimum absolute atomic E-state index is 0.0272. The van der Waals surface area contributed by atoms with E-state index in [1.165, 1.54) is 16.3 Å². The third-order valence-electron chi connectivity index (χ3n) is 3.73. The van der Waals surface area contributed by atoms with Crippen LogP contribution in [0.4, 0.5) is 0 Å². The van der Waals surface area contributed by atoms with Crippen molar-refractivity contribution in [2.45, 2.75) is 25.9 Å². The van der Waals surface area contributed by atoms with Gasteiger partial charge in [0, 0.05) is 31.4 Å². The predicted octanol–water partition coefficient (Wildman–Crippen LogP) is 3.30. The average molecular weight is 265 g/mol. The zero-order chi connectivity index (χ0) is 13.9. The van der Waals surface area contributed by atoms with Crippen LogP contribution in [0.25, 0.3) is 10.8 Å². The molecule has 3 rings (SSSR count). The van der Waals surface area contributed by atoms with Crippen molar-refractivity contribution < 1.29 is 0 Å². The Kier molecular flexibility index (Phi) is 3.52. The van der Waals surface area contributed by atoms with E-state index < -0.39 is 0 Å². The third-order valence-corrected chi connectivity index (χ3v) is 3.73. The molecule has 0 saturated carbocycles. The van der Waals surface area contributed by atoms with Crippen LogP contribution in [0, 0.1) is 0 Å². The summed E-state index contributed by atoms with van der Waals surface area (Å²) in [5, 5.41) is 2.47. The summed E-state index contributed by atoms with van der Waals surface area (Å²) >= 11 is 0. The van der Waals surface area contributed by atoms with Crippen LogP contribution in [0.15, 0.2) is 54.9 Å². The van der Waals surface area contributed by atoms with Crippen LogP contribution in [0.1, 0.15) is 24.4 Å².